The van der Waals surface area contributed by atoms with Crippen LogP contribution in [-0.2, 0) is 23.5 Å². The lowest BCUT2D eigenvalue weighted by atomic mass is 10.2. The molecule has 0 aliphatic rings. The molecular formula is C12H17N5O2S. The fourth-order valence-corrected chi connectivity index (χ4v) is 2.77. The molecule has 1 aromatic carbocycles. The molecule has 0 aliphatic heterocycles. The van der Waals surface area contributed by atoms with E-state index in [-0.39, 0.29) is 11.4 Å². The topological polar surface area (TPSA) is 103 Å². The van der Waals surface area contributed by atoms with Crippen molar-refractivity contribution in [2.24, 2.45) is 7.05 Å². The van der Waals surface area contributed by atoms with Gasteiger partial charge in [-0.2, -0.15) is 0 Å². The molecule has 7 nitrogen and oxygen atoms in total. The molecule has 0 atom stereocenters. The first-order valence-corrected chi connectivity index (χ1v) is 7.57. The average molecular weight is 295 g/mol. The number of sulfonamides is 1. The molecule has 0 aliphatic carbocycles. The van der Waals surface area contributed by atoms with Crippen molar-refractivity contribution in [2.75, 3.05) is 12.3 Å². The van der Waals surface area contributed by atoms with Crippen LogP contribution in [0.4, 0.5) is 5.69 Å². The summed E-state index contributed by atoms with van der Waals surface area (Å²) in [6.45, 7) is 2.08. The molecule has 0 amide bonds. The van der Waals surface area contributed by atoms with E-state index in [4.69, 9.17) is 5.73 Å². The Labute approximate surface area is 117 Å². The van der Waals surface area contributed by atoms with E-state index < -0.39 is 10.0 Å². The van der Waals surface area contributed by atoms with Crippen LogP contribution < -0.4 is 10.5 Å². The van der Waals surface area contributed by atoms with Gasteiger partial charge in [0.2, 0.25) is 10.0 Å². The quantitative estimate of drug-likeness (QED) is 0.768. The molecule has 2 aromatic rings. The number of nitrogens with zero attached hydrogens (tertiary/aromatic N) is 3. The van der Waals surface area contributed by atoms with Crippen molar-refractivity contribution < 1.29 is 8.42 Å². The van der Waals surface area contributed by atoms with E-state index in [1.54, 1.807) is 17.0 Å². The number of hydrogen-bond acceptors (Lipinski definition) is 5. The minimum absolute atomic E-state index is 0.165. The van der Waals surface area contributed by atoms with Gasteiger partial charge in [-0.15, -0.1) is 10.2 Å². The molecule has 8 heteroatoms. The van der Waals surface area contributed by atoms with Gasteiger partial charge in [0.15, 0.2) is 0 Å². The number of hydrogen-bond donors (Lipinski definition) is 2. The summed E-state index contributed by atoms with van der Waals surface area (Å²) in [5.74, 6) is 0.719. The van der Waals surface area contributed by atoms with Gasteiger partial charge in [-0.05, 0) is 24.6 Å². The van der Waals surface area contributed by atoms with E-state index in [0.29, 0.717) is 12.1 Å². The number of rotatable bonds is 5. The van der Waals surface area contributed by atoms with Crippen molar-refractivity contribution in [2.45, 2.75) is 18.2 Å². The van der Waals surface area contributed by atoms with Gasteiger partial charge in [0, 0.05) is 25.7 Å². The molecule has 1 heterocycles. The molecule has 1 aromatic heterocycles. The summed E-state index contributed by atoms with van der Waals surface area (Å²) in [5.41, 5.74) is 7.04. The Kier molecular flexibility index (Phi) is 4.05. The summed E-state index contributed by atoms with van der Waals surface area (Å²) in [6, 6.07) is 4.68. The smallest absolute Gasteiger partial charge is 0.240 e. The third kappa shape index (κ3) is 3.14. The van der Waals surface area contributed by atoms with Crippen LogP contribution in [0.5, 0.6) is 0 Å². The van der Waals surface area contributed by atoms with Crippen LogP contribution in [0, 0.1) is 6.92 Å². The van der Waals surface area contributed by atoms with E-state index in [1.807, 2.05) is 14.0 Å². The average Bonchev–Trinajstić information content (AvgIpc) is 2.78. The summed E-state index contributed by atoms with van der Waals surface area (Å²) >= 11 is 0. The first-order chi connectivity index (χ1) is 9.40. The van der Waals surface area contributed by atoms with Gasteiger partial charge in [0.25, 0.3) is 0 Å². The van der Waals surface area contributed by atoms with Gasteiger partial charge >= 0.3 is 0 Å². The summed E-state index contributed by atoms with van der Waals surface area (Å²) in [4.78, 5) is 0.165. The minimum atomic E-state index is -3.55. The molecule has 0 spiro atoms. The predicted molar refractivity (Wildman–Crippen MR) is 75.5 cm³/mol. The zero-order valence-corrected chi connectivity index (χ0v) is 12.2. The summed E-state index contributed by atoms with van der Waals surface area (Å²) in [6.07, 6.45) is 2.04. The van der Waals surface area contributed by atoms with E-state index in [0.717, 1.165) is 11.4 Å². The maximum Gasteiger partial charge on any atom is 0.240 e. The maximum atomic E-state index is 12.1. The van der Waals surface area contributed by atoms with Crippen LogP contribution in [0.2, 0.25) is 0 Å². The van der Waals surface area contributed by atoms with Crippen LogP contribution >= 0.6 is 0 Å². The van der Waals surface area contributed by atoms with Gasteiger partial charge < -0.3 is 10.3 Å². The molecule has 0 saturated carbocycles. The van der Waals surface area contributed by atoms with Gasteiger partial charge in [-0.25, -0.2) is 13.1 Å². The molecule has 20 heavy (non-hydrogen) atoms. The number of aromatic nitrogens is 3. The van der Waals surface area contributed by atoms with Crippen molar-refractivity contribution >= 4 is 15.7 Å². The van der Waals surface area contributed by atoms with Crippen molar-refractivity contribution in [3.8, 4) is 0 Å². The molecule has 0 fully saturated rings. The number of nitrogen functional groups attached to an aromatic ring is 1. The fourth-order valence-electron chi connectivity index (χ4n) is 1.70. The number of benzene rings is 1. The van der Waals surface area contributed by atoms with E-state index in [1.165, 1.54) is 12.1 Å². The second-order valence-electron chi connectivity index (χ2n) is 4.52. The molecule has 0 bridgehead atoms. The van der Waals surface area contributed by atoms with Crippen LogP contribution in [0.15, 0.2) is 29.4 Å². The molecule has 3 N–H and O–H groups in total. The van der Waals surface area contributed by atoms with Crippen molar-refractivity contribution in [1.82, 2.24) is 19.5 Å². The summed E-state index contributed by atoms with van der Waals surface area (Å²) < 4.78 is 28.5. The minimum Gasteiger partial charge on any atom is -0.398 e. The maximum absolute atomic E-state index is 12.1. The first-order valence-electron chi connectivity index (χ1n) is 6.09. The lowest BCUT2D eigenvalue weighted by molar-refractivity contribution is 0.580. The lowest BCUT2D eigenvalue weighted by Gasteiger charge is -2.08. The van der Waals surface area contributed by atoms with Gasteiger partial charge in [-0.1, -0.05) is 6.07 Å². The number of aryl methyl sites for hydroxylation is 2. The van der Waals surface area contributed by atoms with E-state index in [9.17, 15) is 8.42 Å². The highest BCUT2D eigenvalue weighted by Gasteiger charge is 2.14. The Balaban J connectivity index is 2.04. The second kappa shape index (κ2) is 5.59. The Hall–Kier alpha value is -1.93. The Morgan fingerprint density at radius 2 is 2.15 bits per heavy atom. The molecule has 0 radical (unpaired) electrons. The molecule has 0 unspecified atom stereocenters. The SMILES string of the molecule is Cc1ccc(S(=O)(=O)NCCc2nncn2C)cc1N. The highest BCUT2D eigenvalue weighted by molar-refractivity contribution is 7.89. The molecular weight excluding hydrogens is 278 g/mol. The van der Waals surface area contributed by atoms with Crippen molar-refractivity contribution in [1.29, 1.82) is 0 Å². The highest BCUT2D eigenvalue weighted by atomic mass is 32.2. The summed E-state index contributed by atoms with van der Waals surface area (Å²) in [7, 11) is -1.74. The zero-order chi connectivity index (χ0) is 14.8. The van der Waals surface area contributed by atoms with Crippen molar-refractivity contribution in [3.05, 3.63) is 35.9 Å². The Morgan fingerprint density at radius 3 is 2.75 bits per heavy atom. The molecule has 108 valence electrons. The normalized spacial score (nSPS) is 11.7. The lowest BCUT2D eigenvalue weighted by Crippen LogP contribution is -2.26. The molecule has 0 saturated heterocycles. The summed E-state index contributed by atoms with van der Waals surface area (Å²) in [5, 5.41) is 7.63. The number of nitrogens with two attached hydrogens (primary N) is 1. The van der Waals surface area contributed by atoms with Crippen LogP contribution in [0.3, 0.4) is 0 Å². The predicted octanol–water partition coefficient (Wildman–Crippen LogP) is 0.227. The van der Waals surface area contributed by atoms with Crippen LogP contribution in [-0.4, -0.2) is 29.7 Å². The third-order valence-corrected chi connectivity index (χ3v) is 4.47. The van der Waals surface area contributed by atoms with Crippen LogP contribution in [0.25, 0.3) is 0 Å². The van der Waals surface area contributed by atoms with Gasteiger partial charge in [-0.3, -0.25) is 0 Å². The third-order valence-electron chi connectivity index (χ3n) is 3.01. The monoisotopic (exact) mass is 295 g/mol. The largest absolute Gasteiger partial charge is 0.398 e. The fraction of sp³-hybridized carbons (Fsp3) is 0.333. The first kappa shape index (κ1) is 14.5. The number of nitrogens with one attached hydrogen (secondary N) is 1. The molecule has 2 rings (SSSR count). The van der Waals surface area contributed by atoms with E-state index >= 15 is 0 Å². The second-order valence-corrected chi connectivity index (χ2v) is 6.29. The Bertz CT molecular complexity index is 708. The van der Waals surface area contributed by atoms with Crippen LogP contribution in [0.1, 0.15) is 11.4 Å². The van der Waals surface area contributed by atoms with E-state index in [2.05, 4.69) is 14.9 Å². The van der Waals surface area contributed by atoms with Gasteiger partial charge in [0.1, 0.15) is 12.2 Å². The highest BCUT2D eigenvalue weighted by Crippen LogP contribution is 2.16. The standard InChI is InChI=1S/C12H17N5O2S/c1-9-3-4-10(7-11(9)13)20(18,19)15-6-5-12-16-14-8-17(12)2/h3-4,7-8,15H,5-6,13H2,1-2H3. The number of anilines is 1. The van der Waals surface area contributed by atoms with Crippen molar-refractivity contribution in [3.63, 3.8) is 0 Å². The Morgan fingerprint density at radius 1 is 1.40 bits per heavy atom. The van der Waals surface area contributed by atoms with Gasteiger partial charge in [0.05, 0.1) is 4.90 Å². The zero-order valence-electron chi connectivity index (χ0n) is 11.4.